The van der Waals surface area contributed by atoms with Gasteiger partial charge in [-0.3, -0.25) is 0 Å². The maximum atomic E-state index is 9.97. The summed E-state index contributed by atoms with van der Waals surface area (Å²) in [4.78, 5) is 19.7. The van der Waals surface area contributed by atoms with Crippen molar-refractivity contribution in [1.82, 2.24) is 0 Å². The first-order valence-electron chi connectivity index (χ1n) is 5.39. The molecule has 0 saturated heterocycles. The number of hydrogen-bond donors (Lipinski definition) is 1. The number of ether oxygens (including phenoxy) is 1. The van der Waals surface area contributed by atoms with Gasteiger partial charge in [0.15, 0.2) is 0 Å². The molecule has 0 amide bonds. The highest BCUT2D eigenvalue weighted by Crippen LogP contribution is 1.96. The van der Waals surface area contributed by atoms with Crippen LogP contribution in [-0.4, -0.2) is 24.2 Å². The van der Waals surface area contributed by atoms with E-state index in [1.54, 1.807) is 0 Å². The van der Waals surface area contributed by atoms with Crippen molar-refractivity contribution in [3.8, 4) is 0 Å². The van der Waals surface area contributed by atoms with E-state index in [4.69, 9.17) is 5.11 Å². The molecular weight excluding hydrogens is 220 g/mol. The first-order chi connectivity index (χ1) is 8.06. The van der Waals surface area contributed by atoms with E-state index in [-0.39, 0.29) is 12.5 Å². The third-order valence-corrected chi connectivity index (χ3v) is 1.70. The molecule has 0 fully saturated rings. The molecule has 0 aromatic heterocycles. The molecule has 1 N–H and O–H groups in total. The molecule has 1 aromatic carbocycles. The fourth-order valence-electron chi connectivity index (χ4n) is 0.948. The Hall–Kier alpha value is -1.84. The third-order valence-electron chi connectivity index (χ3n) is 1.70. The first kappa shape index (κ1) is 15.2. The number of carbonyl (C=O) groups excluding carboxylic acids is 1. The van der Waals surface area contributed by atoms with Gasteiger partial charge in [0, 0.05) is 6.42 Å². The summed E-state index contributed by atoms with van der Waals surface area (Å²) in [5.74, 6) is 0.283. The minimum atomic E-state index is -1.20. The molecule has 17 heavy (non-hydrogen) atoms. The van der Waals surface area contributed by atoms with E-state index < -0.39 is 6.16 Å². The quantitative estimate of drug-likeness (QED) is 0.647. The maximum absolute atomic E-state index is 9.97. The van der Waals surface area contributed by atoms with Crippen LogP contribution in [0.1, 0.15) is 19.4 Å². The Balaban J connectivity index is 0.000000304. The maximum Gasteiger partial charge on any atom is 0.505 e. The zero-order valence-electron chi connectivity index (χ0n) is 10.1. The predicted octanol–water partition coefficient (Wildman–Crippen LogP) is 2.77. The second kappa shape index (κ2) is 9.39. The van der Waals surface area contributed by atoms with Gasteiger partial charge in [-0.25, -0.2) is 4.79 Å². The lowest BCUT2D eigenvalue weighted by molar-refractivity contribution is -0.107. The summed E-state index contributed by atoms with van der Waals surface area (Å²) >= 11 is 0. The molecule has 0 aliphatic rings. The minimum Gasteiger partial charge on any atom is -0.450 e. The van der Waals surface area contributed by atoms with Gasteiger partial charge in [-0.15, -0.1) is 0 Å². The van der Waals surface area contributed by atoms with Crippen LogP contribution in [0.2, 0.25) is 0 Å². The van der Waals surface area contributed by atoms with Crippen LogP contribution in [0.25, 0.3) is 0 Å². The summed E-state index contributed by atoms with van der Waals surface area (Å²) in [5, 5.41) is 7.94. The number of aldehydes is 1. The molecule has 4 nitrogen and oxygen atoms in total. The lowest BCUT2D eigenvalue weighted by Crippen LogP contribution is -2.06. The number of benzene rings is 1. The number of carboxylic acid groups (broad SMARTS) is 1. The number of hydrogen-bond acceptors (Lipinski definition) is 3. The van der Waals surface area contributed by atoms with Crippen molar-refractivity contribution in [2.24, 2.45) is 5.92 Å². The summed E-state index contributed by atoms with van der Waals surface area (Å²) in [5.41, 5.74) is 1.08. The Morgan fingerprint density at radius 3 is 2.29 bits per heavy atom. The normalized spacial score (nSPS) is 9.12. The molecule has 0 spiro atoms. The Morgan fingerprint density at radius 2 is 1.94 bits per heavy atom. The number of rotatable bonds is 4. The van der Waals surface area contributed by atoms with E-state index in [0.717, 1.165) is 11.8 Å². The SMILES string of the molecule is CC(C)COC(=O)O.O=CCc1ccccc1. The molecule has 94 valence electrons. The van der Waals surface area contributed by atoms with Gasteiger partial charge >= 0.3 is 6.16 Å². The Labute approximate surface area is 101 Å². The topological polar surface area (TPSA) is 63.6 Å². The number of carbonyl (C=O) groups is 2. The average molecular weight is 238 g/mol. The summed E-state index contributed by atoms with van der Waals surface area (Å²) in [6.07, 6.45) is 0.245. The van der Waals surface area contributed by atoms with Crippen LogP contribution in [0, 0.1) is 5.92 Å². The zero-order valence-corrected chi connectivity index (χ0v) is 10.1. The van der Waals surface area contributed by atoms with Crippen LogP contribution in [-0.2, 0) is 16.0 Å². The molecular formula is C13H18O4. The van der Waals surface area contributed by atoms with Crippen molar-refractivity contribution in [1.29, 1.82) is 0 Å². The van der Waals surface area contributed by atoms with Crippen molar-refractivity contribution in [3.63, 3.8) is 0 Å². The Bertz CT molecular complexity index is 319. The fraction of sp³-hybridized carbons (Fsp3) is 0.385. The van der Waals surface area contributed by atoms with Crippen LogP contribution in [0.5, 0.6) is 0 Å². The molecule has 1 aromatic rings. The lowest BCUT2D eigenvalue weighted by atomic mass is 10.2. The summed E-state index contributed by atoms with van der Waals surface area (Å²) < 4.78 is 4.22. The van der Waals surface area contributed by atoms with Gasteiger partial charge in [0.05, 0.1) is 6.61 Å². The van der Waals surface area contributed by atoms with Gasteiger partial charge in [0.2, 0.25) is 0 Å². The second-order valence-corrected chi connectivity index (χ2v) is 3.83. The van der Waals surface area contributed by atoms with Gasteiger partial charge in [0.25, 0.3) is 0 Å². The van der Waals surface area contributed by atoms with Crippen LogP contribution < -0.4 is 0 Å². The van der Waals surface area contributed by atoms with E-state index in [0.29, 0.717) is 6.42 Å². The van der Waals surface area contributed by atoms with Gasteiger partial charge in [-0.1, -0.05) is 44.2 Å². The van der Waals surface area contributed by atoms with Crippen molar-refractivity contribution in [2.75, 3.05) is 6.61 Å². The van der Waals surface area contributed by atoms with E-state index in [1.807, 2.05) is 44.2 Å². The largest absolute Gasteiger partial charge is 0.505 e. The third kappa shape index (κ3) is 10.4. The van der Waals surface area contributed by atoms with Crippen molar-refractivity contribution in [3.05, 3.63) is 35.9 Å². The Morgan fingerprint density at radius 1 is 1.35 bits per heavy atom. The first-order valence-corrected chi connectivity index (χ1v) is 5.39. The van der Waals surface area contributed by atoms with Gasteiger partial charge in [0.1, 0.15) is 6.29 Å². The van der Waals surface area contributed by atoms with Crippen LogP contribution in [0.3, 0.4) is 0 Å². The highest BCUT2D eigenvalue weighted by molar-refractivity contribution is 5.56. The summed E-state index contributed by atoms with van der Waals surface area (Å²) in [6, 6.07) is 9.68. The van der Waals surface area contributed by atoms with Crippen molar-refractivity contribution in [2.45, 2.75) is 20.3 Å². The van der Waals surface area contributed by atoms with E-state index >= 15 is 0 Å². The van der Waals surface area contributed by atoms with Gasteiger partial charge < -0.3 is 14.6 Å². The van der Waals surface area contributed by atoms with Gasteiger partial charge in [-0.05, 0) is 11.5 Å². The highest BCUT2D eigenvalue weighted by atomic mass is 16.7. The molecule has 0 unspecified atom stereocenters. The van der Waals surface area contributed by atoms with Gasteiger partial charge in [-0.2, -0.15) is 0 Å². The highest BCUT2D eigenvalue weighted by Gasteiger charge is 1.97. The van der Waals surface area contributed by atoms with Crippen LogP contribution >= 0.6 is 0 Å². The van der Waals surface area contributed by atoms with E-state index in [1.165, 1.54) is 0 Å². The van der Waals surface area contributed by atoms with Crippen molar-refractivity contribution >= 4 is 12.4 Å². The molecule has 0 atom stereocenters. The second-order valence-electron chi connectivity index (χ2n) is 3.83. The zero-order chi connectivity index (χ0) is 13.1. The summed E-state index contributed by atoms with van der Waals surface area (Å²) in [6.45, 7) is 4.07. The minimum absolute atomic E-state index is 0.283. The van der Waals surface area contributed by atoms with E-state index in [2.05, 4.69) is 4.74 Å². The molecule has 0 heterocycles. The van der Waals surface area contributed by atoms with Crippen LogP contribution in [0.4, 0.5) is 4.79 Å². The fourth-order valence-corrected chi connectivity index (χ4v) is 0.948. The molecule has 0 saturated carbocycles. The summed E-state index contributed by atoms with van der Waals surface area (Å²) in [7, 11) is 0. The molecule has 1 rings (SSSR count). The lowest BCUT2D eigenvalue weighted by Gasteiger charge is -2.00. The van der Waals surface area contributed by atoms with E-state index in [9.17, 15) is 9.59 Å². The molecule has 0 aliphatic carbocycles. The molecule has 0 bridgehead atoms. The average Bonchev–Trinajstić information content (AvgIpc) is 2.29. The Kier molecular flexibility index (Phi) is 8.37. The smallest absolute Gasteiger partial charge is 0.450 e. The van der Waals surface area contributed by atoms with Crippen LogP contribution in [0.15, 0.2) is 30.3 Å². The molecule has 0 radical (unpaired) electrons. The standard InChI is InChI=1S/C8H8O.C5H10O3/c9-7-6-8-4-2-1-3-5-8;1-4(2)3-8-5(6)7/h1-5,7H,6H2;4H,3H2,1-2H3,(H,6,7). The monoisotopic (exact) mass is 238 g/mol. The molecule has 4 heteroatoms. The van der Waals surface area contributed by atoms with Crippen molar-refractivity contribution < 1.29 is 19.4 Å². The molecule has 0 aliphatic heterocycles. The predicted molar refractivity (Wildman–Crippen MR) is 65.0 cm³/mol.